The minimum absolute atomic E-state index is 0.327. The first-order chi connectivity index (χ1) is 11.5. The lowest BCUT2D eigenvalue weighted by Crippen LogP contribution is -2.03. The molecule has 24 heavy (non-hydrogen) atoms. The van der Waals surface area contributed by atoms with Crippen LogP contribution in [-0.2, 0) is 0 Å². The van der Waals surface area contributed by atoms with Crippen molar-refractivity contribution in [3.8, 4) is 0 Å². The Balaban J connectivity index is 1.87. The largest absolute Gasteiger partial charge is 0.338 e. The normalized spacial score (nSPS) is 10.5. The van der Waals surface area contributed by atoms with Crippen molar-refractivity contribution in [2.24, 2.45) is 0 Å². The average molecular weight is 387 g/mol. The van der Waals surface area contributed by atoms with Crippen LogP contribution in [0.25, 0.3) is 0 Å². The number of benzene rings is 2. The van der Waals surface area contributed by atoms with Gasteiger partial charge in [-0.2, -0.15) is 4.98 Å². The van der Waals surface area contributed by atoms with Gasteiger partial charge in [0.05, 0.1) is 5.69 Å². The SMILES string of the molecule is Cc1cc(Nc2ccccc2F)nc(Nc2ccc(Br)cc2C)n1. The summed E-state index contributed by atoms with van der Waals surface area (Å²) in [5.74, 6) is 0.663. The van der Waals surface area contributed by atoms with Gasteiger partial charge in [0.1, 0.15) is 11.6 Å². The molecule has 0 fully saturated rings. The van der Waals surface area contributed by atoms with Crippen molar-refractivity contribution in [3.05, 3.63) is 70.1 Å². The zero-order valence-electron chi connectivity index (χ0n) is 13.3. The third-order valence-electron chi connectivity index (χ3n) is 3.43. The van der Waals surface area contributed by atoms with Crippen molar-refractivity contribution in [1.29, 1.82) is 0 Å². The lowest BCUT2D eigenvalue weighted by atomic mass is 10.2. The fourth-order valence-electron chi connectivity index (χ4n) is 2.28. The average Bonchev–Trinajstić information content (AvgIpc) is 2.52. The molecule has 3 aromatic rings. The summed E-state index contributed by atoms with van der Waals surface area (Å²) in [5.41, 5.74) is 3.14. The Labute approximate surface area is 148 Å². The molecular weight excluding hydrogens is 371 g/mol. The fraction of sp³-hybridized carbons (Fsp3) is 0.111. The van der Waals surface area contributed by atoms with Crippen LogP contribution in [-0.4, -0.2) is 9.97 Å². The van der Waals surface area contributed by atoms with E-state index in [2.05, 4.69) is 36.5 Å². The van der Waals surface area contributed by atoms with E-state index < -0.39 is 0 Å². The van der Waals surface area contributed by atoms with Crippen LogP contribution in [0.3, 0.4) is 0 Å². The first-order valence-corrected chi connectivity index (χ1v) is 8.21. The summed E-state index contributed by atoms with van der Waals surface area (Å²) in [6.45, 7) is 3.87. The third-order valence-corrected chi connectivity index (χ3v) is 3.92. The molecule has 0 aliphatic carbocycles. The van der Waals surface area contributed by atoms with E-state index in [1.54, 1.807) is 24.3 Å². The molecule has 3 rings (SSSR count). The van der Waals surface area contributed by atoms with Gasteiger partial charge in [-0.3, -0.25) is 0 Å². The molecule has 0 aliphatic rings. The van der Waals surface area contributed by atoms with Crippen LogP contribution in [0.15, 0.2) is 53.0 Å². The maximum atomic E-state index is 13.8. The zero-order chi connectivity index (χ0) is 17.1. The first kappa shape index (κ1) is 16.4. The smallest absolute Gasteiger partial charge is 0.229 e. The van der Waals surface area contributed by atoms with Crippen LogP contribution >= 0.6 is 15.9 Å². The summed E-state index contributed by atoms with van der Waals surface area (Å²) in [6, 6.07) is 14.2. The Morgan fingerprint density at radius 2 is 1.71 bits per heavy atom. The van der Waals surface area contributed by atoms with Gasteiger partial charge in [-0.1, -0.05) is 28.1 Å². The molecule has 2 aromatic carbocycles. The molecule has 0 atom stereocenters. The number of halogens is 2. The molecule has 2 N–H and O–H groups in total. The Kier molecular flexibility index (Phi) is 4.76. The van der Waals surface area contributed by atoms with Crippen LogP contribution < -0.4 is 10.6 Å². The topological polar surface area (TPSA) is 49.8 Å². The molecular formula is C18H16BrFN4. The summed E-state index contributed by atoms with van der Waals surface area (Å²) >= 11 is 3.44. The van der Waals surface area contributed by atoms with E-state index in [0.717, 1.165) is 21.4 Å². The summed E-state index contributed by atoms with van der Waals surface area (Å²) < 4.78 is 14.8. The highest BCUT2D eigenvalue weighted by Crippen LogP contribution is 2.24. The fourth-order valence-corrected chi connectivity index (χ4v) is 2.75. The standard InChI is InChI=1S/C18H16BrFN4/c1-11-9-13(19)7-8-15(11)23-18-21-12(2)10-17(24-18)22-16-6-4-3-5-14(16)20/h3-10H,1-2H3,(H2,21,22,23,24). The van der Waals surface area contributed by atoms with E-state index in [1.807, 2.05) is 32.0 Å². The maximum absolute atomic E-state index is 13.8. The molecule has 0 saturated heterocycles. The first-order valence-electron chi connectivity index (χ1n) is 7.42. The minimum atomic E-state index is -0.327. The third kappa shape index (κ3) is 3.89. The molecule has 4 nitrogen and oxygen atoms in total. The molecule has 0 saturated carbocycles. The van der Waals surface area contributed by atoms with E-state index in [-0.39, 0.29) is 5.82 Å². The lowest BCUT2D eigenvalue weighted by molar-refractivity contribution is 0.632. The van der Waals surface area contributed by atoms with E-state index >= 15 is 0 Å². The lowest BCUT2D eigenvalue weighted by Gasteiger charge is -2.12. The highest BCUT2D eigenvalue weighted by molar-refractivity contribution is 9.10. The minimum Gasteiger partial charge on any atom is -0.338 e. The summed E-state index contributed by atoms with van der Waals surface area (Å²) in [4.78, 5) is 8.81. The predicted molar refractivity (Wildman–Crippen MR) is 98.6 cm³/mol. The van der Waals surface area contributed by atoms with Gasteiger partial charge in [0.15, 0.2) is 0 Å². The molecule has 0 spiro atoms. The maximum Gasteiger partial charge on any atom is 0.229 e. The number of rotatable bonds is 4. The van der Waals surface area contributed by atoms with Gasteiger partial charge in [0.2, 0.25) is 5.95 Å². The Bertz CT molecular complexity index is 883. The van der Waals surface area contributed by atoms with Crippen molar-refractivity contribution in [1.82, 2.24) is 9.97 Å². The molecule has 0 bridgehead atoms. The van der Waals surface area contributed by atoms with Crippen LogP contribution in [0.1, 0.15) is 11.3 Å². The number of nitrogens with zero attached hydrogens (tertiary/aromatic N) is 2. The molecule has 6 heteroatoms. The monoisotopic (exact) mass is 386 g/mol. The van der Waals surface area contributed by atoms with E-state index in [1.165, 1.54) is 6.07 Å². The van der Waals surface area contributed by atoms with Crippen LogP contribution in [0, 0.1) is 19.7 Å². The Morgan fingerprint density at radius 1 is 0.917 bits per heavy atom. The van der Waals surface area contributed by atoms with Crippen molar-refractivity contribution in [2.75, 3.05) is 10.6 Å². The van der Waals surface area contributed by atoms with Crippen molar-refractivity contribution >= 4 is 39.1 Å². The van der Waals surface area contributed by atoms with E-state index in [4.69, 9.17) is 0 Å². The Morgan fingerprint density at radius 3 is 2.46 bits per heavy atom. The van der Waals surface area contributed by atoms with Crippen LogP contribution in [0.4, 0.5) is 27.5 Å². The molecule has 122 valence electrons. The summed E-state index contributed by atoms with van der Waals surface area (Å²) in [5, 5.41) is 6.19. The Hall–Kier alpha value is -2.47. The van der Waals surface area contributed by atoms with Crippen molar-refractivity contribution < 1.29 is 4.39 Å². The van der Waals surface area contributed by atoms with Gasteiger partial charge in [0, 0.05) is 21.9 Å². The molecule has 1 aromatic heterocycles. The zero-order valence-corrected chi connectivity index (χ0v) is 14.9. The van der Waals surface area contributed by atoms with Gasteiger partial charge in [-0.25, -0.2) is 9.37 Å². The molecule has 0 unspecified atom stereocenters. The summed E-state index contributed by atoms with van der Waals surface area (Å²) in [7, 11) is 0. The van der Waals surface area contributed by atoms with Crippen LogP contribution in [0.2, 0.25) is 0 Å². The van der Waals surface area contributed by atoms with E-state index in [0.29, 0.717) is 17.5 Å². The molecule has 0 radical (unpaired) electrons. The highest BCUT2D eigenvalue weighted by Gasteiger charge is 2.07. The summed E-state index contributed by atoms with van der Waals surface area (Å²) in [6.07, 6.45) is 0. The molecule has 0 aliphatic heterocycles. The number of para-hydroxylation sites is 1. The second kappa shape index (κ2) is 6.97. The van der Waals surface area contributed by atoms with E-state index in [9.17, 15) is 4.39 Å². The number of aryl methyl sites for hydroxylation is 2. The number of hydrogen-bond acceptors (Lipinski definition) is 4. The van der Waals surface area contributed by atoms with Gasteiger partial charge in [0.25, 0.3) is 0 Å². The quantitative estimate of drug-likeness (QED) is 0.622. The number of hydrogen-bond donors (Lipinski definition) is 2. The highest BCUT2D eigenvalue weighted by atomic mass is 79.9. The second-order valence-electron chi connectivity index (χ2n) is 5.41. The van der Waals surface area contributed by atoms with Gasteiger partial charge < -0.3 is 10.6 Å². The van der Waals surface area contributed by atoms with Crippen molar-refractivity contribution in [3.63, 3.8) is 0 Å². The van der Waals surface area contributed by atoms with Crippen LogP contribution in [0.5, 0.6) is 0 Å². The second-order valence-corrected chi connectivity index (χ2v) is 6.32. The number of anilines is 4. The van der Waals surface area contributed by atoms with Crippen molar-refractivity contribution in [2.45, 2.75) is 13.8 Å². The number of nitrogens with one attached hydrogen (secondary N) is 2. The predicted octanol–water partition coefficient (Wildman–Crippen LogP) is 5.48. The van der Waals surface area contributed by atoms with Gasteiger partial charge >= 0.3 is 0 Å². The molecule has 0 amide bonds. The molecule has 1 heterocycles. The van der Waals surface area contributed by atoms with Gasteiger partial charge in [-0.05, 0) is 49.7 Å². The van der Waals surface area contributed by atoms with Gasteiger partial charge in [-0.15, -0.1) is 0 Å². The number of aromatic nitrogens is 2.